The summed E-state index contributed by atoms with van der Waals surface area (Å²) in [5.74, 6) is -0.109. The second-order valence-electron chi connectivity index (χ2n) is 6.99. The number of thioether (sulfide) groups is 1. The number of amides is 1. The van der Waals surface area contributed by atoms with Gasteiger partial charge in [-0.2, -0.15) is 0 Å². The first-order valence-corrected chi connectivity index (χ1v) is 11.4. The van der Waals surface area contributed by atoms with Crippen molar-refractivity contribution in [2.24, 2.45) is 0 Å². The van der Waals surface area contributed by atoms with Crippen molar-refractivity contribution in [3.05, 3.63) is 89.2 Å². The van der Waals surface area contributed by atoms with Crippen molar-refractivity contribution in [2.45, 2.75) is 18.5 Å². The third-order valence-corrected chi connectivity index (χ3v) is 6.00. The van der Waals surface area contributed by atoms with Gasteiger partial charge in [0.25, 0.3) is 0 Å². The Balaban J connectivity index is 1.61. The van der Waals surface area contributed by atoms with Gasteiger partial charge >= 0.3 is 0 Å². The molecule has 0 fully saturated rings. The summed E-state index contributed by atoms with van der Waals surface area (Å²) in [4.78, 5) is 12.4. The number of aromatic nitrogens is 3. The topological polar surface area (TPSA) is 59.8 Å². The average Bonchev–Trinajstić information content (AvgIpc) is 3.24. The second kappa shape index (κ2) is 9.97. The van der Waals surface area contributed by atoms with Crippen molar-refractivity contribution in [2.75, 3.05) is 11.1 Å². The van der Waals surface area contributed by atoms with Gasteiger partial charge in [-0.15, -0.1) is 10.2 Å². The lowest BCUT2D eigenvalue weighted by molar-refractivity contribution is -0.113. The molecule has 162 valence electrons. The summed E-state index contributed by atoms with van der Waals surface area (Å²) < 4.78 is 15.7. The van der Waals surface area contributed by atoms with Crippen molar-refractivity contribution >= 4 is 35.0 Å². The molecule has 0 unspecified atom stereocenters. The monoisotopic (exact) mass is 466 g/mol. The molecule has 1 amide bonds. The van der Waals surface area contributed by atoms with Gasteiger partial charge in [-0.3, -0.25) is 9.36 Å². The van der Waals surface area contributed by atoms with Gasteiger partial charge in [-0.25, -0.2) is 4.39 Å². The zero-order valence-corrected chi connectivity index (χ0v) is 18.8. The minimum Gasteiger partial charge on any atom is -0.323 e. The lowest BCUT2D eigenvalue weighted by atomic mass is 10.1. The molecule has 0 spiro atoms. The largest absolute Gasteiger partial charge is 0.323 e. The molecule has 0 atom stereocenters. The average molecular weight is 467 g/mol. The molecule has 1 heterocycles. The summed E-state index contributed by atoms with van der Waals surface area (Å²) in [5.41, 5.74) is 3.10. The number of hydrogen-bond acceptors (Lipinski definition) is 4. The number of hydrogen-bond donors (Lipinski definition) is 1. The van der Waals surface area contributed by atoms with Gasteiger partial charge in [0.05, 0.1) is 11.4 Å². The Labute approximate surface area is 194 Å². The Bertz CT molecular complexity index is 1230. The Morgan fingerprint density at radius 1 is 1.03 bits per heavy atom. The summed E-state index contributed by atoms with van der Waals surface area (Å²) >= 11 is 7.27. The first kappa shape index (κ1) is 22.0. The highest BCUT2D eigenvalue weighted by Crippen LogP contribution is 2.29. The molecule has 3 aromatic carbocycles. The van der Waals surface area contributed by atoms with E-state index in [1.807, 2.05) is 28.8 Å². The van der Waals surface area contributed by atoms with E-state index in [1.165, 1.54) is 29.5 Å². The number of aryl methyl sites for hydroxylation is 1. The molecular weight excluding hydrogens is 447 g/mol. The second-order valence-corrected chi connectivity index (χ2v) is 8.36. The van der Waals surface area contributed by atoms with E-state index in [1.54, 1.807) is 24.3 Å². The maximum absolute atomic E-state index is 13.8. The summed E-state index contributed by atoms with van der Waals surface area (Å²) in [5, 5.41) is 12.5. The third-order valence-electron chi connectivity index (χ3n) is 4.82. The predicted molar refractivity (Wildman–Crippen MR) is 127 cm³/mol. The molecular formula is C24H20ClFN4OS. The normalized spacial score (nSPS) is 10.8. The van der Waals surface area contributed by atoms with Gasteiger partial charge in [0.1, 0.15) is 5.82 Å². The van der Waals surface area contributed by atoms with Gasteiger partial charge in [0.2, 0.25) is 5.91 Å². The van der Waals surface area contributed by atoms with Gasteiger partial charge < -0.3 is 5.32 Å². The molecule has 0 radical (unpaired) electrons. The molecule has 4 aromatic rings. The Kier molecular flexibility index (Phi) is 6.87. The molecule has 0 saturated carbocycles. The van der Waals surface area contributed by atoms with Crippen LogP contribution in [0.25, 0.3) is 17.1 Å². The number of anilines is 1. The molecule has 4 rings (SSSR count). The molecule has 32 heavy (non-hydrogen) atoms. The fraction of sp³-hybridized carbons (Fsp3) is 0.125. The molecule has 0 aliphatic rings. The van der Waals surface area contributed by atoms with E-state index in [-0.39, 0.29) is 17.3 Å². The molecule has 8 heteroatoms. The van der Waals surface area contributed by atoms with E-state index in [0.717, 1.165) is 17.7 Å². The molecule has 0 bridgehead atoms. The van der Waals surface area contributed by atoms with Crippen LogP contribution in [0.1, 0.15) is 12.5 Å². The van der Waals surface area contributed by atoms with E-state index in [9.17, 15) is 9.18 Å². The maximum Gasteiger partial charge on any atom is 0.234 e. The van der Waals surface area contributed by atoms with Crippen LogP contribution in [0.4, 0.5) is 10.1 Å². The van der Waals surface area contributed by atoms with Crippen LogP contribution in [0.2, 0.25) is 5.02 Å². The minimum absolute atomic E-state index is 0.0557. The van der Waals surface area contributed by atoms with Crippen LogP contribution in [0.15, 0.2) is 78.0 Å². The number of nitrogens with zero attached hydrogens (tertiary/aromatic N) is 3. The lowest BCUT2D eigenvalue weighted by Crippen LogP contribution is -2.15. The van der Waals surface area contributed by atoms with Gasteiger partial charge in [0, 0.05) is 16.3 Å². The fourth-order valence-corrected chi connectivity index (χ4v) is 4.02. The Morgan fingerprint density at radius 2 is 1.75 bits per heavy atom. The summed E-state index contributed by atoms with van der Waals surface area (Å²) in [6, 6.07) is 21.5. The molecule has 0 saturated heterocycles. The zero-order chi connectivity index (χ0) is 22.5. The maximum atomic E-state index is 13.8. The number of halogens is 2. The fourth-order valence-electron chi connectivity index (χ4n) is 3.14. The smallest absolute Gasteiger partial charge is 0.234 e. The van der Waals surface area contributed by atoms with Crippen LogP contribution < -0.4 is 5.32 Å². The first-order chi connectivity index (χ1) is 15.5. The van der Waals surface area contributed by atoms with E-state index >= 15 is 0 Å². The van der Waals surface area contributed by atoms with Crippen LogP contribution in [0.3, 0.4) is 0 Å². The number of para-hydroxylation sites is 1. The summed E-state index contributed by atoms with van der Waals surface area (Å²) in [6.45, 7) is 2.10. The number of nitrogens with one attached hydrogen (secondary N) is 1. The Morgan fingerprint density at radius 3 is 2.44 bits per heavy atom. The van der Waals surface area contributed by atoms with Gasteiger partial charge in [-0.05, 0) is 60.5 Å². The van der Waals surface area contributed by atoms with Crippen LogP contribution in [-0.2, 0) is 11.2 Å². The summed E-state index contributed by atoms with van der Waals surface area (Å²) in [6.07, 6.45) is 0.935. The SMILES string of the molecule is CCc1ccc(-n2c(SCC(=O)Nc3ccccc3F)nnc2-c2ccc(Cl)cc2)cc1. The van der Waals surface area contributed by atoms with Crippen molar-refractivity contribution in [1.29, 1.82) is 0 Å². The van der Waals surface area contributed by atoms with Crippen molar-refractivity contribution in [3.8, 4) is 17.1 Å². The van der Waals surface area contributed by atoms with E-state index < -0.39 is 5.82 Å². The van der Waals surface area contributed by atoms with Crippen LogP contribution in [0.5, 0.6) is 0 Å². The van der Waals surface area contributed by atoms with E-state index in [0.29, 0.717) is 16.0 Å². The lowest BCUT2D eigenvalue weighted by Gasteiger charge is -2.11. The Hall–Kier alpha value is -3.16. The summed E-state index contributed by atoms with van der Waals surface area (Å²) in [7, 11) is 0. The number of carbonyl (C=O) groups excluding carboxylic acids is 1. The molecule has 0 aliphatic heterocycles. The van der Waals surface area contributed by atoms with E-state index in [2.05, 4.69) is 34.6 Å². The quantitative estimate of drug-likeness (QED) is 0.338. The van der Waals surface area contributed by atoms with Crippen molar-refractivity contribution < 1.29 is 9.18 Å². The molecule has 1 aromatic heterocycles. The molecule has 0 aliphatic carbocycles. The predicted octanol–water partition coefficient (Wildman–Crippen LogP) is 6.02. The first-order valence-electron chi connectivity index (χ1n) is 10.0. The highest BCUT2D eigenvalue weighted by Gasteiger charge is 2.18. The molecule has 5 nitrogen and oxygen atoms in total. The van der Waals surface area contributed by atoms with Crippen molar-refractivity contribution in [1.82, 2.24) is 14.8 Å². The highest BCUT2D eigenvalue weighted by atomic mass is 35.5. The number of rotatable bonds is 7. The number of benzene rings is 3. The van der Waals surface area contributed by atoms with Crippen LogP contribution >= 0.6 is 23.4 Å². The molecule has 1 N–H and O–H groups in total. The third kappa shape index (κ3) is 5.00. The van der Waals surface area contributed by atoms with Crippen LogP contribution in [0, 0.1) is 5.82 Å². The van der Waals surface area contributed by atoms with Crippen molar-refractivity contribution in [3.63, 3.8) is 0 Å². The van der Waals surface area contributed by atoms with Gasteiger partial charge in [0.15, 0.2) is 11.0 Å². The standard InChI is InChI=1S/C24H20ClFN4OS/c1-2-16-7-13-19(14-8-16)30-23(17-9-11-18(25)12-10-17)28-29-24(30)32-15-22(31)27-21-6-4-3-5-20(21)26/h3-14H,2,15H2,1H3,(H,27,31). The number of carbonyl (C=O) groups is 1. The van der Waals surface area contributed by atoms with Gasteiger partial charge in [-0.1, -0.05) is 54.6 Å². The highest BCUT2D eigenvalue weighted by molar-refractivity contribution is 7.99. The van der Waals surface area contributed by atoms with Crippen LogP contribution in [-0.4, -0.2) is 26.4 Å². The van der Waals surface area contributed by atoms with E-state index in [4.69, 9.17) is 11.6 Å². The zero-order valence-electron chi connectivity index (χ0n) is 17.3. The minimum atomic E-state index is -0.477.